The average molecular weight is 366 g/mol. The van der Waals surface area contributed by atoms with Gasteiger partial charge in [-0.15, -0.1) is 0 Å². The van der Waals surface area contributed by atoms with Gasteiger partial charge in [-0.05, 0) is 56.7 Å². The van der Waals surface area contributed by atoms with Gasteiger partial charge >= 0.3 is 6.18 Å². The molecule has 0 unspecified atom stereocenters. The Hall–Kier alpha value is -2.38. The molecule has 0 saturated heterocycles. The topological polar surface area (TPSA) is 59.8 Å². The van der Waals surface area contributed by atoms with E-state index in [0.29, 0.717) is 11.3 Å². The average Bonchev–Trinajstić information content (AvgIpc) is 2.98. The first-order valence-electron chi connectivity index (χ1n) is 8.65. The van der Waals surface area contributed by atoms with Gasteiger partial charge in [-0.2, -0.15) is 18.3 Å². The minimum Gasteiger partial charge on any atom is -0.349 e. The molecule has 0 radical (unpaired) electrons. The molecule has 1 N–H and O–H groups in total. The number of hydrogen-bond donors (Lipinski definition) is 1. The summed E-state index contributed by atoms with van der Waals surface area (Å²) in [4.78, 5) is 16.1. The number of nitrogens with zero attached hydrogens (tertiary/aromatic N) is 3. The van der Waals surface area contributed by atoms with E-state index >= 15 is 0 Å². The number of pyridine rings is 1. The maximum atomic E-state index is 13.1. The number of aromatic nitrogens is 3. The second-order valence-corrected chi connectivity index (χ2v) is 6.78. The van der Waals surface area contributed by atoms with Crippen molar-refractivity contribution in [3.8, 4) is 0 Å². The molecule has 26 heavy (non-hydrogen) atoms. The molecule has 1 aliphatic rings. The molecule has 1 saturated carbocycles. The summed E-state index contributed by atoms with van der Waals surface area (Å²) < 4.78 is 40.3. The fourth-order valence-electron chi connectivity index (χ4n) is 3.41. The second kappa shape index (κ2) is 7.47. The highest BCUT2D eigenvalue weighted by molar-refractivity contribution is 5.93. The molecule has 140 valence electrons. The van der Waals surface area contributed by atoms with E-state index < -0.39 is 11.9 Å². The van der Waals surface area contributed by atoms with Crippen molar-refractivity contribution >= 4 is 5.91 Å². The highest BCUT2D eigenvalue weighted by Crippen LogP contribution is 2.32. The molecule has 5 nitrogen and oxygen atoms in total. The predicted octanol–water partition coefficient (Wildman–Crippen LogP) is 3.59. The first kappa shape index (κ1) is 18.4. The van der Waals surface area contributed by atoms with Crippen LogP contribution in [0, 0.1) is 12.8 Å². The Kier molecular flexibility index (Phi) is 5.29. The van der Waals surface area contributed by atoms with Crippen LogP contribution in [-0.2, 0) is 12.7 Å². The van der Waals surface area contributed by atoms with Crippen molar-refractivity contribution in [3.05, 3.63) is 47.5 Å². The van der Waals surface area contributed by atoms with Gasteiger partial charge in [0.15, 0.2) is 0 Å². The summed E-state index contributed by atoms with van der Waals surface area (Å²) in [6, 6.07) is 4.53. The van der Waals surface area contributed by atoms with Crippen LogP contribution in [0.1, 0.15) is 47.4 Å². The zero-order valence-corrected chi connectivity index (χ0v) is 14.5. The van der Waals surface area contributed by atoms with Gasteiger partial charge in [-0.25, -0.2) is 0 Å². The van der Waals surface area contributed by atoms with Crippen molar-refractivity contribution in [2.24, 2.45) is 5.92 Å². The molecule has 0 atom stereocenters. The first-order chi connectivity index (χ1) is 12.3. The van der Waals surface area contributed by atoms with Gasteiger partial charge in [-0.3, -0.25) is 14.5 Å². The molecule has 2 aromatic rings. The van der Waals surface area contributed by atoms with Crippen molar-refractivity contribution in [1.29, 1.82) is 0 Å². The van der Waals surface area contributed by atoms with Gasteiger partial charge < -0.3 is 5.32 Å². The van der Waals surface area contributed by atoms with Crippen LogP contribution in [0.25, 0.3) is 0 Å². The molecular weight excluding hydrogens is 345 g/mol. The van der Waals surface area contributed by atoms with Crippen LogP contribution in [0.15, 0.2) is 30.6 Å². The Bertz CT molecular complexity index is 750. The maximum Gasteiger partial charge on any atom is 0.433 e. The zero-order chi connectivity index (χ0) is 18.7. The summed E-state index contributed by atoms with van der Waals surface area (Å²) in [5, 5.41) is 6.98. The lowest BCUT2D eigenvalue weighted by Crippen LogP contribution is -2.38. The molecule has 3 rings (SSSR count). The fraction of sp³-hybridized carbons (Fsp3) is 0.500. The van der Waals surface area contributed by atoms with Crippen LogP contribution in [0.3, 0.4) is 0 Å². The van der Waals surface area contributed by atoms with Crippen LogP contribution in [0.4, 0.5) is 13.2 Å². The van der Waals surface area contributed by atoms with E-state index in [0.717, 1.165) is 36.4 Å². The number of hydrogen-bond acceptors (Lipinski definition) is 3. The predicted molar refractivity (Wildman–Crippen MR) is 89.4 cm³/mol. The van der Waals surface area contributed by atoms with E-state index in [1.54, 1.807) is 25.3 Å². The number of rotatable bonds is 4. The Morgan fingerprint density at radius 2 is 2.04 bits per heavy atom. The number of amides is 1. The maximum absolute atomic E-state index is 13.1. The van der Waals surface area contributed by atoms with Gasteiger partial charge in [-0.1, -0.05) is 0 Å². The Morgan fingerprint density at radius 3 is 2.65 bits per heavy atom. The quantitative estimate of drug-likeness (QED) is 0.900. The third-order valence-electron chi connectivity index (χ3n) is 4.73. The summed E-state index contributed by atoms with van der Waals surface area (Å²) in [7, 11) is 0. The standard InChI is InChI=1S/C18H21F3N4O/c1-12-9-16(18(19,20)21)25(24-12)11-13-4-6-15(7-5-13)23-17(26)14-3-2-8-22-10-14/h2-3,8-10,13,15H,4-7,11H2,1H3,(H,23,26). The number of carbonyl (C=O) groups is 1. The molecule has 8 heteroatoms. The minimum absolute atomic E-state index is 0.0420. The van der Waals surface area contributed by atoms with Crippen LogP contribution in [0.2, 0.25) is 0 Å². The Morgan fingerprint density at radius 1 is 1.31 bits per heavy atom. The van der Waals surface area contributed by atoms with Crippen molar-refractivity contribution in [2.45, 2.75) is 51.4 Å². The highest BCUT2D eigenvalue weighted by Gasteiger charge is 2.36. The summed E-state index contributed by atoms with van der Waals surface area (Å²) in [5.74, 6) is -0.0365. The van der Waals surface area contributed by atoms with Crippen LogP contribution >= 0.6 is 0 Å². The van der Waals surface area contributed by atoms with Crippen molar-refractivity contribution in [3.63, 3.8) is 0 Å². The normalized spacial score (nSPS) is 20.8. The largest absolute Gasteiger partial charge is 0.433 e. The zero-order valence-electron chi connectivity index (χ0n) is 14.5. The molecular formula is C18H21F3N4O. The van der Waals surface area contributed by atoms with Gasteiger partial charge in [0.1, 0.15) is 5.69 Å². The van der Waals surface area contributed by atoms with E-state index in [9.17, 15) is 18.0 Å². The number of carbonyl (C=O) groups excluding carboxylic acids is 1. The third-order valence-corrected chi connectivity index (χ3v) is 4.73. The van der Waals surface area contributed by atoms with E-state index in [2.05, 4.69) is 15.4 Å². The molecule has 0 aromatic carbocycles. The van der Waals surface area contributed by atoms with Gasteiger partial charge in [0.05, 0.1) is 11.3 Å². The molecule has 1 aliphatic carbocycles. The molecule has 0 bridgehead atoms. The molecule has 0 aliphatic heterocycles. The molecule has 1 fully saturated rings. The van der Waals surface area contributed by atoms with Crippen LogP contribution < -0.4 is 5.32 Å². The van der Waals surface area contributed by atoms with Gasteiger partial charge in [0.25, 0.3) is 5.91 Å². The van der Waals surface area contributed by atoms with Gasteiger partial charge in [0, 0.05) is 25.0 Å². The Balaban J connectivity index is 1.54. The van der Waals surface area contributed by atoms with E-state index in [4.69, 9.17) is 0 Å². The lowest BCUT2D eigenvalue weighted by atomic mass is 9.86. The summed E-state index contributed by atoms with van der Waals surface area (Å²) in [6.45, 7) is 1.82. The smallest absolute Gasteiger partial charge is 0.349 e. The number of alkyl halides is 3. The van der Waals surface area contributed by atoms with Crippen LogP contribution in [0.5, 0.6) is 0 Å². The Labute approximate surface area is 149 Å². The van der Waals surface area contributed by atoms with Crippen molar-refractivity contribution < 1.29 is 18.0 Å². The number of halogens is 3. The minimum atomic E-state index is -4.39. The third kappa shape index (κ3) is 4.42. The van der Waals surface area contributed by atoms with Crippen LogP contribution in [-0.4, -0.2) is 26.7 Å². The molecule has 2 heterocycles. The first-order valence-corrected chi connectivity index (χ1v) is 8.65. The van der Waals surface area contributed by atoms with Gasteiger partial charge in [0.2, 0.25) is 0 Å². The lowest BCUT2D eigenvalue weighted by molar-refractivity contribution is -0.144. The number of aryl methyl sites for hydroxylation is 1. The SMILES string of the molecule is Cc1cc(C(F)(F)F)n(CC2CCC(NC(=O)c3cccnc3)CC2)n1. The van der Waals surface area contributed by atoms with E-state index in [-0.39, 0.29) is 24.4 Å². The highest BCUT2D eigenvalue weighted by atomic mass is 19.4. The number of nitrogens with one attached hydrogen (secondary N) is 1. The summed E-state index contributed by atoms with van der Waals surface area (Å²) in [6.07, 6.45) is 1.74. The van der Waals surface area contributed by atoms with Crippen molar-refractivity contribution in [1.82, 2.24) is 20.1 Å². The monoisotopic (exact) mass is 366 g/mol. The summed E-state index contributed by atoms with van der Waals surface area (Å²) >= 11 is 0. The van der Waals surface area contributed by atoms with E-state index in [1.807, 2.05) is 0 Å². The van der Waals surface area contributed by atoms with Crippen molar-refractivity contribution in [2.75, 3.05) is 0 Å². The lowest BCUT2D eigenvalue weighted by Gasteiger charge is -2.29. The molecule has 1 amide bonds. The van der Waals surface area contributed by atoms with E-state index in [1.165, 1.54) is 6.20 Å². The fourth-order valence-corrected chi connectivity index (χ4v) is 3.41. The second-order valence-electron chi connectivity index (χ2n) is 6.78. The molecule has 2 aromatic heterocycles. The summed E-state index contributed by atoms with van der Waals surface area (Å²) in [5.41, 5.74) is 0.188. The molecule has 0 spiro atoms.